The summed E-state index contributed by atoms with van der Waals surface area (Å²) in [5.41, 5.74) is 13.4. The molecule has 2 N–H and O–H groups in total. The molecule has 4 aromatic heterocycles. The molecule has 0 radical (unpaired) electrons. The van der Waals surface area contributed by atoms with E-state index in [1.165, 1.54) is 5.39 Å². The average Bonchev–Trinajstić information content (AvgIpc) is 3.91. The van der Waals surface area contributed by atoms with Crippen LogP contribution < -0.4 is 0 Å². The minimum absolute atomic E-state index is 0.907. The zero-order valence-electron chi connectivity index (χ0n) is 24.9. The predicted molar refractivity (Wildman–Crippen MR) is 191 cm³/mol. The third-order valence-electron chi connectivity index (χ3n) is 7.98. The fourth-order valence-corrected chi connectivity index (χ4v) is 5.90. The van der Waals surface area contributed by atoms with Crippen molar-refractivity contribution in [1.29, 1.82) is 0 Å². The van der Waals surface area contributed by atoms with Gasteiger partial charge in [-0.15, -0.1) is 0 Å². The molecule has 2 aliphatic heterocycles. The highest BCUT2D eigenvalue weighted by Gasteiger charge is 2.16. The molecular weight excluding hydrogens is 562 g/mol. The smallest absolute Gasteiger partial charge is 0.0701 e. The van der Waals surface area contributed by atoms with E-state index in [4.69, 9.17) is 9.97 Å². The number of benzene rings is 3. The van der Waals surface area contributed by atoms with E-state index < -0.39 is 0 Å². The van der Waals surface area contributed by atoms with E-state index in [2.05, 4.69) is 148 Å². The molecule has 0 fully saturated rings. The fraction of sp³-hybridized carbons (Fsp3) is 0. The summed E-state index contributed by atoms with van der Waals surface area (Å²) < 4.78 is 0. The Morgan fingerprint density at radius 2 is 0.891 bits per heavy atom. The Balaban J connectivity index is 0.000000265. The topological polar surface area (TPSA) is 70.2 Å². The van der Waals surface area contributed by atoms with Crippen LogP contribution in [0.5, 0.6) is 0 Å². The zero-order chi connectivity index (χ0) is 30.7. The van der Waals surface area contributed by atoms with Gasteiger partial charge in [-0.1, -0.05) is 84.9 Å². The normalized spacial score (nSPS) is 11.7. The molecular formula is C41H29N5. The van der Waals surface area contributed by atoms with Crippen LogP contribution in [0, 0.1) is 0 Å². The van der Waals surface area contributed by atoms with Crippen molar-refractivity contribution in [3.63, 3.8) is 0 Å². The second-order valence-electron chi connectivity index (χ2n) is 11.2. The molecule has 7 aromatic rings. The van der Waals surface area contributed by atoms with Gasteiger partial charge in [-0.3, -0.25) is 4.98 Å². The van der Waals surface area contributed by atoms with Gasteiger partial charge in [0.15, 0.2) is 0 Å². The quantitative estimate of drug-likeness (QED) is 0.210. The summed E-state index contributed by atoms with van der Waals surface area (Å²) >= 11 is 0. The van der Waals surface area contributed by atoms with Crippen molar-refractivity contribution in [2.45, 2.75) is 0 Å². The van der Waals surface area contributed by atoms with Gasteiger partial charge in [0.1, 0.15) is 0 Å². The van der Waals surface area contributed by atoms with Gasteiger partial charge in [-0.05, 0) is 84.0 Å². The van der Waals surface area contributed by atoms with E-state index in [0.29, 0.717) is 0 Å². The zero-order valence-corrected chi connectivity index (χ0v) is 24.9. The Hall–Kier alpha value is -6.33. The lowest BCUT2D eigenvalue weighted by Gasteiger charge is -2.06. The van der Waals surface area contributed by atoms with Gasteiger partial charge in [0.05, 0.1) is 28.3 Å². The lowest BCUT2D eigenvalue weighted by Crippen LogP contribution is -1.82. The summed E-state index contributed by atoms with van der Waals surface area (Å²) in [6, 6.07) is 45.7. The first kappa shape index (κ1) is 27.2. The van der Waals surface area contributed by atoms with Gasteiger partial charge in [-0.25, -0.2) is 9.97 Å². The van der Waals surface area contributed by atoms with Crippen molar-refractivity contribution >= 4 is 57.3 Å². The Labute approximate surface area is 266 Å². The first-order chi connectivity index (χ1) is 22.7. The highest BCUT2D eigenvalue weighted by Crippen LogP contribution is 2.39. The summed E-state index contributed by atoms with van der Waals surface area (Å²) in [5.74, 6) is 0. The maximum Gasteiger partial charge on any atom is 0.0701 e. The molecule has 0 unspecified atom stereocenters. The van der Waals surface area contributed by atoms with Crippen molar-refractivity contribution in [2.75, 3.05) is 0 Å². The molecule has 3 aromatic carbocycles. The van der Waals surface area contributed by atoms with Crippen LogP contribution in [0.2, 0.25) is 0 Å². The van der Waals surface area contributed by atoms with Crippen LogP contribution in [0.1, 0.15) is 22.8 Å². The van der Waals surface area contributed by atoms with Crippen molar-refractivity contribution in [2.24, 2.45) is 0 Å². The molecule has 0 aliphatic carbocycles. The van der Waals surface area contributed by atoms with Crippen molar-refractivity contribution in [3.05, 3.63) is 162 Å². The average molecular weight is 592 g/mol. The van der Waals surface area contributed by atoms with Crippen molar-refractivity contribution in [3.8, 4) is 22.3 Å². The number of hydrogen-bond donors (Lipinski definition) is 2. The number of hydrogen-bond acceptors (Lipinski definition) is 3. The van der Waals surface area contributed by atoms with Crippen LogP contribution in [0.4, 0.5) is 0 Å². The van der Waals surface area contributed by atoms with Gasteiger partial charge < -0.3 is 9.97 Å². The number of H-pyrrole nitrogens is 2. The molecule has 9 rings (SSSR count). The van der Waals surface area contributed by atoms with Crippen LogP contribution in [0.3, 0.4) is 0 Å². The molecule has 0 saturated carbocycles. The molecule has 0 atom stereocenters. The number of fused-ring (bicyclic) bond motifs is 9. The Kier molecular flexibility index (Phi) is 7.09. The van der Waals surface area contributed by atoms with Crippen molar-refractivity contribution < 1.29 is 0 Å². The number of pyridine rings is 1. The molecule has 0 amide bonds. The SMILES string of the molecule is C1=Cc2cc3[nH]c(cc4nc(cc5ccc(cc1n2)[nH]5)C=C4)c(-c1ccccc1)c3-c1ccccc1.c1ccc2ncccc2c1. The van der Waals surface area contributed by atoms with Crippen molar-refractivity contribution in [1.82, 2.24) is 24.9 Å². The number of nitrogens with zero attached hydrogens (tertiary/aromatic N) is 3. The van der Waals surface area contributed by atoms with E-state index in [9.17, 15) is 0 Å². The summed E-state index contributed by atoms with van der Waals surface area (Å²) in [7, 11) is 0. The highest BCUT2D eigenvalue weighted by atomic mass is 14.8. The second-order valence-corrected chi connectivity index (χ2v) is 11.2. The minimum Gasteiger partial charge on any atom is -0.355 e. The van der Waals surface area contributed by atoms with E-state index >= 15 is 0 Å². The minimum atomic E-state index is 0.907. The molecule has 8 bridgehead atoms. The lowest BCUT2D eigenvalue weighted by atomic mass is 9.96. The molecule has 46 heavy (non-hydrogen) atoms. The maximum atomic E-state index is 4.87. The monoisotopic (exact) mass is 591 g/mol. The van der Waals surface area contributed by atoms with Crippen LogP contribution in [-0.4, -0.2) is 24.9 Å². The third-order valence-corrected chi connectivity index (χ3v) is 7.98. The van der Waals surface area contributed by atoms with Gasteiger partial charge in [0.2, 0.25) is 0 Å². The molecule has 5 nitrogen and oxygen atoms in total. The molecule has 0 saturated heterocycles. The summed E-state index contributed by atoms with van der Waals surface area (Å²) in [6.45, 7) is 0. The third kappa shape index (κ3) is 5.65. The van der Waals surface area contributed by atoms with Gasteiger partial charge in [-0.2, -0.15) is 0 Å². The first-order valence-corrected chi connectivity index (χ1v) is 15.3. The number of aromatic nitrogens is 5. The second kappa shape index (κ2) is 12.0. The van der Waals surface area contributed by atoms with Gasteiger partial charge >= 0.3 is 0 Å². The molecule has 2 aliphatic rings. The van der Waals surface area contributed by atoms with Crippen LogP contribution >= 0.6 is 0 Å². The number of para-hydroxylation sites is 1. The standard InChI is InChI=1S/C32H22N4.C9H7N/c1-3-7-21(8-4-1)31-29-19-27-15-13-25(34-27)17-23-11-12-24(33-23)18-26-14-16-28(35-26)20-30(36-29)32(31)22-9-5-2-6-10-22;1-2-6-9-8(4-1)5-3-7-10-9/h1-20,33,36H;1-7H. The largest absolute Gasteiger partial charge is 0.355 e. The van der Waals surface area contributed by atoms with Gasteiger partial charge in [0.25, 0.3) is 0 Å². The van der Waals surface area contributed by atoms with E-state index in [1.807, 2.05) is 30.5 Å². The van der Waals surface area contributed by atoms with Gasteiger partial charge in [0, 0.05) is 44.8 Å². The molecule has 218 valence electrons. The van der Waals surface area contributed by atoms with Crippen LogP contribution in [0.25, 0.3) is 79.5 Å². The van der Waals surface area contributed by atoms with E-state index in [0.717, 1.165) is 72.6 Å². The number of rotatable bonds is 2. The van der Waals surface area contributed by atoms with Crippen LogP contribution in [-0.2, 0) is 0 Å². The van der Waals surface area contributed by atoms with E-state index in [1.54, 1.807) is 0 Å². The molecule has 6 heterocycles. The number of aromatic amines is 2. The maximum absolute atomic E-state index is 4.87. The summed E-state index contributed by atoms with van der Waals surface area (Å²) in [5, 5.41) is 1.20. The van der Waals surface area contributed by atoms with E-state index in [-0.39, 0.29) is 0 Å². The Morgan fingerprint density at radius 3 is 1.43 bits per heavy atom. The number of nitrogens with one attached hydrogen (secondary N) is 2. The first-order valence-electron chi connectivity index (χ1n) is 15.3. The molecule has 5 heteroatoms. The predicted octanol–water partition coefficient (Wildman–Crippen LogP) is 10.2. The summed E-state index contributed by atoms with van der Waals surface area (Å²) in [4.78, 5) is 21.1. The highest BCUT2D eigenvalue weighted by molar-refractivity contribution is 6.03. The molecule has 0 spiro atoms. The Bertz CT molecular complexity index is 2220. The summed E-state index contributed by atoms with van der Waals surface area (Å²) in [6.07, 6.45) is 10.0. The Morgan fingerprint density at radius 1 is 0.413 bits per heavy atom. The van der Waals surface area contributed by atoms with Crippen LogP contribution in [0.15, 0.2) is 140 Å². The fourth-order valence-electron chi connectivity index (χ4n) is 5.90. The lowest BCUT2D eigenvalue weighted by molar-refractivity contribution is 1.31.